The number of rotatable bonds is 4. The van der Waals surface area contributed by atoms with Crippen LogP contribution in [0.4, 0.5) is 13.2 Å². The van der Waals surface area contributed by atoms with Crippen molar-refractivity contribution in [1.82, 2.24) is 9.88 Å². The van der Waals surface area contributed by atoms with E-state index in [1.165, 1.54) is 11.1 Å². The first kappa shape index (κ1) is 16.7. The van der Waals surface area contributed by atoms with E-state index in [2.05, 4.69) is 4.98 Å². The molecule has 1 N–H and O–H groups in total. The maximum atomic E-state index is 12.9. The molecule has 122 valence electrons. The number of carbonyl (C=O) groups is 1. The molecule has 0 radical (unpaired) electrons. The van der Waals surface area contributed by atoms with E-state index >= 15 is 0 Å². The van der Waals surface area contributed by atoms with Crippen molar-refractivity contribution < 1.29 is 23.1 Å². The molecular formula is C15H19F3N2O2. The van der Waals surface area contributed by atoms with Crippen LogP contribution >= 0.6 is 0 Å². The molecule has 22 heavy (non-hydrogen) atoms. The zero-order valence-electron chi connectivity index (χ0n) is 12.1. The second-order valence-corrected chi connectivity index (χ2v) is 5.52. The fraction of sp³-hybridized carbons (Fsp3) is 0.600. The number of nitrogens with zero attached hydrogens (tertiary/aromatic N) is 2. The summed E-state index contributed by atoms with van der Waals surface area (Å²) in [5.74, 6) is -0.161. The van der Waals surface area contributed by atoms with Gasteiger partial charge in [-0.15, -0.1) is 0 Å². The van der Waals surface area contributed by atoms with E-state index in [9.17, 15) is 18.0 Å². The topological polar surface area (TPSA) is 53.4 Å². The van der Waals surface area contributed by atoms with Crippen LogP contribution in [0.15, 0.2) is 18.5 Å². The van der Waals surface area contributed by atoms with Gasteiger partial charge in [0.2, 0.25) is 0 Å². The van der Waals surface area contributed by atoms with Crippen LogP contribution < -0.4 is 0 Å². The van der Waals surface area contributed by atoms with Gasteiger partial charge in [0.15, 0.2) is 0 Å². The summed E-state index contributed by atoms with van der Waals surface area (Å²) in [5, 5.41) is 8.82. The van der Waals surface area contributed by atoms with Gasteiger partial charge in [0.1, 0.15) is 0 Å². The SMILES string of the molecule is O=C(c1ccncc1C(F)(F)F)N1CCC(CCCO)CC1. The molecule has 1 amide bonds. The summed E-state index contributed by atoms with van der Waals surface area (Å²) in [7, 11) is 0. The van der Waals surface area contributed by atoms with Gasteiger partial charge in [-0.2, -0.15) is 13.2 Å². The second-order valence-electron chi connectivity index (χ2n) is 5.52. The summed E-state index contributed by atoms with van der Waals surface area (Å²) in [6, 6.07) is 1.13. The quantitative estimate of drug-likeness (QED) is 0.929. The molecule has 0 aromatic carbocycles. The first-order valence-electron chi connectivity index (χ1n) is 7.35. The third kappa shape index (κ3) is 3.97. The highest BCUT2D eigenvalue weighted by molar-refractivity contribution is 5.95. The number of carbonyl (C=O) groups excluding carboxylic acids is 1. The monoisotopic (exact) mass is 316 g/mol. The largest absolute Gasteiger partial charge is 0.418 e. The first-order chi connectivity index (χ1) is 10.4. The molecule has 0 spiro atoms. The molecule has 7 heteroatoms. The molecule has 0 bridgehead atoms. The Morgan fingerprint density at radius 2 is 2.05 bits per heavy atom. The lowest BCUT2D eigenvalue weighted by Gasteiger charge is -2.32. The van der Waals surface area contributed by atoms with Gasteiger partial charge in [0.25, 0.3) is 5.91 Å². The number of alkyl halides is 3. The fourth-order valence-corrected chi connectivity index (χ4v) is 2.78. The van der Waals surface area contributed by atoms with Crippen molar-refractivity contribution in [1.29, 1.82) is 0 Å². The van der Waals surface area contributed by atoms with Crippen LogP contribution in [0.25, 0.3) is 0 Å². The van der Waals surface area contributed by atoms with E-state index in [1.807, 2.05) is 0 Å². The third-order valence-electron chi connectivity index (χ3n) is 4.03. The van der Waals surface area contributed by atoms with Crippen LogP contribution in [-0.4, -0.2) is 40.6 Å². The summed E-state index contributed by atoms with van der Waals surface area (Å²) in [6.45, 7) is 1.05. The lowest BCUT2D eigenvalue weighted by atomic mass is 9.92. The molecule has 1 aromatic rings. The van der Waals surface area contributed by atoms with Crippen molar-refractivity contribution in [2.24, 2.45) is 5.92 Å². The van der Waals surface area contributed by atoms with E-state index in [0.717, 1.165) is 31.7 Å². The van der Waals surface area contributed by atoms with E-state index in [1.54, 1.807) is 0 Å². The highest BCUT2D eigenvalue weighted by atomic mass is 19.4. The minimum Gasteiger partial charge on any atom is -0.396 e. The molecule has 1 aromatic heterocycles. The molecule has 1 saturated heterocycles. The summed E-state index contributed by atoms with van der Waals surface area (Å²) in [4.78, 5) is 17.3. The van der Waals surface area contributed by atoms with Gasteiger partial charge in [0, 0.05) is 32.1 Å². The van der Waals surface area contributed by atoms with Crippen LogP contribution in [0.1, 0.15) is 41.6 Å². The van der Waals surface area contributed by atoms with Gasteiger partial charge in [-0.1, -0.05) is 0 Å². The smallest absolute Gasteiger partial charge is 0.396 e. The van der Waals surface area contributed by atoms with Crippen molar-refractivity contribution in [2.75, 3.05) is 19.7 Å². The zero-order valence-corrected chi connectivity index (χ0v) is 12.1. The molecule has 1 aliphatic heterocycles. The van der Waals surface area contributed by atoms with Gasteiger partial charge in [0.05, 0.1) is 11.1 Å². The summed E-state index contributed by atoms with van der Waals surface area (Å²) < 4.78 is 38.8. The maximum absolute atomic E-state index is 12.9. The summed E-state index contributed by atoms with van der Waals surface area (Å²) in [6.07, 6.45) is 0.454. The van der Waals surface area contributed by atoms with Gasteiger partial charge in [-0.25, -0.2) is 0 Å². The van der Waals surface area contributed by atoms with E-state index in [0.29, 0.717) is 25.2 Å². The van der Waals surface area contributed by atoms with Gasteiger partial charge in [-0.05, 0) is 37.7 Å². The molecule has 0 saturated carbocycles. The second kappa shape index (κ2) is 7.09. The molecule has 2 heterocycles. The summed E-state index contributed by atoms with van der Waals surface area (Å²) >= 11 is 0. The minimum absolute atomic E-state index is 0.144. The molecule has 0 unspecified atom stereocenters. The van der Waals surface area contributed by atoms with E-state index in [4.69, 9.17) is 5.11 Å². The predicted octanol–water partition coefficient (Wildman–Crippen LogP) is 2.73. The first-order valence-corrected chi connectivity index (χ1v) is 7.35. The molecule has 0 atom stereocenters. The Balaban J connectivity index is 2.05. The normalized spacial score (nSPS) is 16.8. The Labute approximate surface area is 127 Å². The Hall–Kier alpha value is -1.63. The van der Waals surface area contributed by atoms with Gasteiger partial charge < -0.3 is 10.0 Å². The maximum Gasteiger partial charge on any atom is 0.418 e. The number of pyridine rings is 1. The number of hydrogen-bond donors (Lipinski definition) is 1. The standard InChI is InChI=1S/C15H19F3N2O2/c16-15(17,18)13-10-19-6-3-12(13)14(22)20-7-4-11(5-8-20)2-1-9-21/h3,6,10-11,21H,1-2,4-5,7-9H2. The number of aromatic nitrogens is 1. The van der Waals surface area contributed by atoms with Crippen LogP contribution in [0.2, 0.25) is 0 Å². The lowest BCUT2D eigenvalue weighted by molar-refractivity contribution is -0.138. The Morgan fingerprint density at radius 3 is 2.64 bits per heavy atom. The number of halogens is 3. The number of likely N-dealkylation sites (tertiary alicyclic amines) is 1. The van der Waals surface area contributed by atoms with Crippen molar-refractivity contribution in [3.63, 3.8) is 0 Å². The Morgan fingerprint density at radius 1 is 1.36 bits per heavy atom. The molecule has 4 nitrogen and oxygen atoms in total. The number of aliphatic hydroxyl groups is 1. The van der Waals surface area contributed by atoms with Crippen molar-refractivity contribution in [2.45, 2.75) is 31.9 Å². The average Bonchev–Trinajstić information content (AvgIpc) is 2.52. The average molecular weight is 316 g/mol. The van der Waals surface area contributed by atoms with Crippen LogP contribution in [0.3, 0.4) is 0 Å². The van der Waals surface area contributed by atoms with Gasteiger partial charge in [-0.3, -0.25) is 9.78 Å². The van der Waals surface area contributed by atoms with E-state index < -0.39 is 17.6 Å². The summed E-state index contributed by atoms with van der Waals surface area (Å²) in [5.41, 5.74) is -1.32. The molecular weight excluding hydrogens is 297 g/mol. The van der Waals surface area contributed by atoms with Crippen molar-refractivity contribution >= 4 is 5.91 Å². The van der Waals surface area contributed by atoms with Crippen LogP contribution in [-0.2, 0) is 6.18 Å². The number of aliphatic hydroxyl groups excluding tert-OH is 1. The highest BCUT2D eigenvalue weighted by Crippen LogP contribution is 2.32. The van der Waals surface area contributed by atoms with Gasteiger partial charge >= 0.3 is 6.18 Å². The number of piperidine rings is 1. The lowest BCUT2D eigenvalue weighted by Crippen LogP contribution is -2.39. The van der Waals surface area contributed by atoms with Crippen LogP contribution in [0, 0.1) is 5.92 Å². The zero-order chi connectivity index (χ0) is 16.2. The minimum atomic E-state index is -4.58. The highest BCUT2D eigenvalue weighted by Gasteiger charge is 2.37. The molecule has 2 rings (SSSR count). The number of amides is 1. The third-order valence-corrected chi connectivity index (χ3v) is 4.03. The fourth-order valence-electron chi connectivity index (χ4n) is 2.78. The number of hydrogen-bond acceptors (Lipinski definition) is 3. The van der Waals surface area contributed by atoms with Crippen molar-refractivity contribution in [3.8, 4) is 0 Å². The molecule has 1 fully saturated rings. The molecule has 0 aliphatic carbocycles. The van der Waals surface area contributed by atoms with Crippen molar-refractivity contribution in [3.05, 3.63) is 29.6 Å². The molecule has 1 aliphatic rings. The van der Waals surface area contributed by atoms with Crippen LogP contribution in [0.5, 0.6) is 0 Å². The predicted molar refractivity (Wildman–Crippen MR) is 74.2 cm³/mol. The Bertz CT molecular complexity index is 512. The Kier molecular flexibility index (Phi) is 5.39. The van der Waals surface area contributed by atoms with E-state index in [-0.39, 0.29) is 12.2 Å².